The zero-order valence-corrected chi connectivity index (χ0v) is 12.2. The molecule has 2 rings (SSSR count). The second-order valence-corrected chi connectivity index (χ2v) is 9.24. The Morgan fingerprint density at radius 1 is 1.22 bits per heavy atom. The molecule has 4 nitrogen and oxygen atoms in total. The molecule has 2 fully saturated rings. The second kappa shape index (κ2) is 4.18. The molecule has 1 saturated carbocycles. The van der Waals surface area contributed by atoms with Gasteiger partial charge in [0.1, 0.15) is 0 Å². The van der Waals surface area contributed by atoms with Crippen molar-refractivity contribution in [1.82, 2.24) is 0 Å². The minimum absolute atomic E-state index is 0.0586. The topological polar surface area (TPSA) is 80.4 Å². The number of sulfone groups is 1. The molecule has 0 aromatic carbocycles. The van der Waals surface area contributed by atoms with Gasteiger partial charge in [-0.2, -0.15) is 0 Å². The van der Waals surface area contributed by atoms with Gasteiger partial charge in [-0.1, -0.05) is 20.3 Å². The smallest absolute Gasteiger partial charge is 0.151 e. The van der Waals surface area contributed by atoms with E-state index in [1.165, 1.54) is 0 Å². The summed E-state index contributed by atoms with van der Waals surface area (Å²) in [5.74, 6) is 0.232. The summed E-state index contributed by atoms with van der Waals surface area (Å²) >= 11 is 0. The molecule has 3 N–H and O–H groups in total. The minimum Gasteiger partial charge on any atom is -0.389 e. The number of aliphatic hydroxyl groups is 1. The zero-order valence-electron chi connectivity index (χ0n) is 11.4. The standard InChI is InChI=1S/C13H25NO3S/c1-11(2)4-3-5-13(15,8-11)12(9-14)6-7-18(16,17)10-12/h15H,3-10,14H2,1-2H3. The van der Waals surface area contributed by atoms with E-state index in [1.54, 1.807) is 0 Å². The lowest BCUT2D eigenvalue weighted by molar-refractivity contribution is -0.121. The summed E-state index contributed by atoms with van der Waals surface area (Å²) in [7, 11) is -3.03. The fourth-order valence-corrected chi connectivity index (χ4v) is 6.13. The largest absolute Gasteiger partial charge is 0.389 e. The van der Waals surface area contributed by atoms with Crippen LogP contribution in [-0.2, 0) is 9.84 Å². The van der Waals surface area contributed by atoms with Gasteiger partial charge in [-0.05, 0) is 31.1 Å². The highest BCUT2D eigenvalue weighted by Crippen LogP contribution is 2.52. The van der Waals surface area contributed by atoms with Crippen molar-refractivity contribution < 1.29 is 13.5 Å². The van der Waals surface area contributed by atoms with E-state index in [2.05, 4.69) is 13.8 Å². The summed E-state index contributed by atoms with van der Waals surface area (Å²) in [6.07, 6.45) is 3.89. The highest BCUT2D eigenvalue weighted by molar-refractivity contribution is 7.91. The lowest BCUT2D eigenvalue weighted by Crippen LogP contribution is -2.57. The molecule has 0 radical (unpaired) electrons. The van der Waals surface area contributed by atoms with Crippen molar-refractivity contribution in [3.05, 3.63) is 0 Å². The first kappa shape index (κ1) is 14.3. The Kier molecular flexibility index (Phi) is 3.32. The lowest BCUT2D eigenvalue weighted by atomic mass is 9.59. The molecule has 0 aromatic heterocycles. The maximum Gasteiger partial charge on any atom is 0.151 e. The Morgan fingerprint density at radius 3 is 2.33 bits per heavy atom. The first-order valence-corrected chi connectivity index (χ1v) is 8.59. The van der Waals surface area contributed by atoms with Crippen LogP contribution in [0.4, 0.5) is 0 Å². The van der Waals surface area contributed by atoms with E-state index < -0.39 is 20.9 Å². The van der Waals surface area contributed by atoms with Crippen molar-refractivity contribution in [3.63, 3.8) is 0 Å². The summed E-state index contributed by atoms with van der Waals surface area (Å²) < 4.78 is 23.6. The summed E-state index contributed by atoms with van der Waals surface area (Å²) in [5.41, 5.74) is 4.41. The fourth-order valence-electron chi connectivity index (χ4n) is 3.91. The summed E-state index contributed by atoms with van der Waals surface area (Å²) in [5, 5.41) is 11.0. The number of nitrogens with two attached hydrogens (primary N) is 1. The minimum atomic E-state index is -3.03. The molecule has 5 heteroatoms. The first-order valence-electron chi connectivity index (χ1n) is 6.77. The third-order valence-corrected chi connectivity index (χ3v) is 6.80. The third kappa shape index (κ3) is 2.32. The molecular formula is C13H25NO3S. The summed E-state index contributed by atoms with van der Waals surface area (Å²) in [6, 6.07) is 0. The number of hydrogen-bond acceptors (Lipinski definition) is 4. The lowest BCUT2D eigenvalue weighted by Gasteiger charge is -2.51. The van der Waals surface area contributed by atoms with E-state index in [1.807, 2.05) is 0 Å². The van der Waals surface area contributed by atoms with Crippen LogP contribution < -0.4 is 5.73 Å². The molecule has 0 aromatic rings. The van der Waals surface area contributed by atoms with Crippen molar-refractivity contribution >= 4 is 9.84 Å². The summed E-state index contributed by atoms with van der Waals surface area (Å²) in [4.78, 5) is 0. The molecule has 1 aliphatic heterocycles. The Bertz CT molecular complexity index is 432. The van der Waals surface area contributed by atoms with Crippen molar-refractivity contribution in [1.29, 1.82) is 0 Å². The van der Waals surface area contributed by atoms with Gasteiger partial charge in [0.05, 0.1) is 17.1 Å². The fraction of sp³-hybridized carbons (Fsp3) is 1.00. The van der Waals surface area contributed by atoms with Crippen LogP contribution in [0.15, 0.2) is 0 Å². The maximum absolute atomic E-state index is 11.8. The van der Waals surface area contributed by atoms with Crippen LogP contribution >= 0.6 is 0 Å². The Morgan fingerprint density at radius 2 is 1.89 bits per heavy atom. The van der Waals surface area contributed by atoms with Crippen LogP contribution in [0.1, 0.15) is 46.0 Å². The van der Waals surface area contributed by atoms with Crippen LogP contribution in [0.2, 0.25) is 0 Å². The average molecular weight is 275 g/mol. The van der Waals surface area contributed by atoms with Crippen LogP contribution in [0, 0.1) is 10.8 Å². The molecule has 0 amide bonds. The van der Waals surface area contributed by atoms with Gasteiger partial charge in [0.2, 0.25) is 0 Å². The van der Waals surface area contributed by atoms with Gasteiger partial charge >= 0.3 is 0 Å². The Labute approximate surface area is 110 Å². The predicted octanol–water partition coefficient (Wildman–Crippen LogP) is 1.08. The van der Waals surface area contributed by atoms with Crippen LogP contribution in [0.5, 0.6) is 0 Å². The number of hydrogen-bond donors (Lipinski definition) is 2. The first-order chi connectivity index (χ1) is 8.14. The van der Waals surface area contributed by atoms with E-state index in [0.29, 0.717) is 19.3 Å². The number of rotatable bonds is 2. The second-order valence-electron chi connectivity index (χ2n) is 7.05. The van der Waals surface area contributed by atoms with Gasteiger partial charge in [-0.3, -0.25) is 0 Å². The molecule has 2 atom stereocenters. The normalized spacial score (nSPS) is 42.9. The zero-order chi connectivity index (χ0) is 13.7. The van der Waals surface area contributed by atoms with Gasteiger partial charge < -0.3 is 10.8 Å². The SMILES string of the molecule is CC1(C)CCCC(O)(C2(CN)CCS(=O)(=O)C2)C1. The molecule has 0 spiro atoms. The van der Waals surface area contributed by atoms with E-state index in [0.717, 1.165) is 12.8 Å². The van der Waals surface area contributed by atoms with Gasteiger partial charge in [0.15, 0.2) is 9.84 Å². The molecule has 0 bridgehead atoms. The monoisotopic (exact) mass is 275 g/mol. The Hall–Kier alpha value is -0.130. The molecule has 1 heterocycles. The molecule has 1 aliphatic carbocycles. The van der Waals surface area contributed by atoms with E-state index in [9.17, 15) is 13.5 Å². The highest BCUT2D eigenvalue weighted by atomic mass is 32.2. The molecule has 2 unspecified atom stereocenters. The van der Waals surface area contributed by atoms with Crippen molar-refractivity contribution in [2.75, 3.05) is 18.1 Å². The maximum atomic E-state index is 11.8. The van der Waals surface area contributed by atoms with Crippen LogP contribution in [-0.4, -0.2) is 37.2 Å². The van der Waals surface area contributed by atoms with Crippen molar-refractivity contribution in [2.45, 2.75) is 51.6 Å². The Balaban J connectivity index is 2.33. The molecule has 18 heavy (non-hydrogen) atoms. The predicted molar refractivity (Wildman–Crippen MR) is 72.0 cm³/mol. The molecule has 2 aliphatic rings. The van der Waals surface area contributed by atoms with Gasteiger partial charge in [0.25, 0.3) is 0 Å². The quantitative estimate of drug-likeness (QED) is 0.790. The van der Waals surface area contributed by atoms with Crippen molar-refractivity contribution in [3.8, 4) is 0 Å². The van der Waals surface area contributed by atoms with Crippen molar-refractivity contribution in [2.24, 2.45) is 16.6 Å². The highest BCUT2D eigenvalue weighted by Gasteiger charge is 2.57. The molecular weight excluding hydrogens is 250 g/mol. The van der Waals surface area contributed by atoms with Gasteiger partial charge in [0, 0.05) is 12.0 Å². The van der Waals surface area contributed by atoms with E-state index in [-0.39, 0.29) is 23.5 Å². The van der Waals surface area contributed by atoms with E-state index in [4.69, 9.17) is 5.73 Å². The van der Waals surface area contributed by atoms with Gasteiger partial charge in [-0.25, -0.2) is 8.42 Å². The van der Waals surface area contributed by atoms with Crippen LogP contribution in [0.25, 0.3) is 0 Å². The average Bonchev–Trinajstić information content (AvgIpc) is 2.54. The van der Waals surface area contributed by atoms with Crippen LogP contribution in [0.3, 0.4) is 0 Å². The molecule has 1 saturated heterocycles. The third-order valence-electron chi connectivity index (χ3n) is 4.98. The summed E-state index contributed by atoms with van der Waals surface area (Å²) in [6.45, 7) is 4.55. The van der Waals surface area contributed by atoms with Gasteiger partial charge in [-0.15, -0.1) is 0 Å². The molecule has 106 valence electrons. The van der Waals surface area contributed by atoms with E-state index >= 15 is 0 Å².